The smallest absolute Gasteiger partial charge is 0.0172 e. The lowest BCUT2D eigenvalue weighted by Crippen LogP contribution is -1.80. The Labute approximate surface area is 245 Å². The predicted octanol–water partition coefficient (Wildman–Crippen LogP) is 11.8. The summed E-state index contributed by atoms with van der Waals surface area (Å²) < 4.78 is 0. The molecule has 0 aliphatic rings. The Bertz CT molecular complexity index is 2180. The number of rotatable bonds is 4. The number of fused-ring (bicyclic) bond motifs is 5. The molecule has 0 aliphatic carbocycles. The van der Waals surface area contributed by atoms with Gasteiger partial charge in [0, 0.05) is 0 Å². The second kappa shape index (κ2) is 10.2. The van der Waals surface area contributed by atoms with Crippen LogP contribution in [-0.2, 0) is 0 Å². The monoisotopic (exact) mass is 532 g/mol. The van der Waals surface area contributed by atoms with E-state index in [-0.39, 0.29) is 0 Å². The molecule has 0 N–H and O–H groups in total. The molecule has 0 amide bonds. The van der Waals surface area contributed by atoms with Crippen molar-refractivity contribution >= 4 is 78.2 Å². The lowest BCUT2D eigenvalue weighted by Gasteiger charge is -2.05. The third-order valence-corrected chi connectivity index (χ3v) is 8.28. The minimum atomic E-state index is 1.20. The van der Waals surface area contributed by atoms with Crippen LogP contribution in [0.5, 0.6) is 0 Å². The number of hydrogen-bond donors (Lipinski definition) is 0. The topological polar surface area (TPSA) is 0 Å². The van der Waals surface area contributed by atoms with Crippen LogP contribution in [0.2, 0.25) is 0 Å². The van der Waals surface area contributed by atoms with E-state index in [9.17, 15) is 0 Å². The molecular formula is C42H28. The van der Waals surface area contributed by atoms with Gasteiger partial charge in [-0.3, -0.25) is 0 Å². The van der Waals surface area contributed by atoms with Crippen molar-refractivity contribution in [2.45, 2.75) is 0 Å². The number of hydrogen-bond acceptors (Lipinski definition) is 0. The van der Waals surface area contributed by atoms with Crippen LogP contribution in [0.3, 0.4) is 0 Å². The van der Waals surface area contributed by atoms with E-state index < -0.39 is 0 Å². The predicted molar refractivity (Wildman–Crippen MR) is 185 cm³/mol. The molecule has 0 bridgehead atoms. The van der Waals surface area contributed by atoms with E-state index in [0.717, 1.165) is 0 Å². The molecule has 0 radical (unpaired) electrons. The minimum absolute atomic E-state index is 1.20. The average Bonchev–Trinajstić information content (AvgIpc) is 3.04. The van der Waals surface area contributed by atoms with Gasteiger partial charge in [0.2, 0.25) is 0 Å². The summed E-state index contributed by atoms with van der Waals surface area (Å²) in [5, 5.41) is 12.7. The van der Waals surface area contributed by atoms with E-state index >= 15 is 0 Å². The Kier molecular flexibility index (Phi) is 5.90. The SMILES string of the molecule is C(=C\c1ccc2cc3ccccc3cc2c1)/c1ccc2cc(/C=C/c3ccc4cc5ccccc5cc4c3)ccc2c1. The van der Waals surface area contributed by atoms with E-state index in [1.165, 1.54) is 76.1 Å². The Morgan fingerprint density at radius 1 is 0.214 bits per heavy atom. The summed E-state index contributed by atoms with van der Waals surface area (Å²) in [4.78, 5) is 0. The molecule has 0 atom stereocenters. The summed E-state index contributed by atoms with van der Waals surface area (Å²) in [6.07, 6.45) is 8.83. The lowest BCUT2D eigenvalue weighted by atomic mass is 10.00. The molecule has 0 saturated carbocycles. The fraction of sp³-hybridized carbons (Fsp3) is 0. The van der Waals surface area contributed by atoms with E-state index in [1.54, 1.807) is 0 Å². The summed E-state index contributed by atoms with van der Waals surface area (Å²) in [6.45, 7) is 0. The van der Waals surface area contributed by atoms with Gasteiger partial charge in [-0.1, -0.05) is 121 Å². The molecule has 42 heavy (non-hydrogen) atoms. The zero-order chi connectivity index (χ0) is 27.9. The van der Waals surface area contributed by atoms with E-state index in [0.29, 0.717) is 0 Å². The second-order valence-electron chi connectivity index (χ2n) is 11.1. The van der Waals surface area contributed by atoms with Gasteiger partial charge >= 0.3 is 0 Å². The maximum atomic E-state index is 2.28. The van der Waals surface area contributed by atoms with Gasteiger partial charge in [-0.05, 0) is 125 Å². The quantitative estimate of drug-likeness (QED) is 0.156. The lowest BCUT2D eigenvalue weighted by molar-refractivity contribution is 1.68. The maximum Gasteiger partial charge on any atom is -0.0172 e. The van der Waals surface area contributed by atoms with Crippen molar-refractivity contribution in [2.24, 2.45) is 0 Å². The first-order valence-electron chi connectivity index (χ1n) is 14.5. The highest BCUT2D eigenvalue weighted by atomic mass is 14.1. The molecule has 0 saturated heterocycles. The fourth-order valence-electron chi connectivity index (χ4n) is 6.00. The summed E-state index contributed by atoms with van der Waals surface area (Å²) in [7, 11) is 0. The Balaban J connectivity index is 1.03. The molecule has 0 aliphatic heterocycles. The van der Waals surface area contributed by atoms with Crippen molar-refractivity contribution in [2.75, 3.05) is 0 Å². The zero-order valence-corrected chi connectivity index (χ0v) is 23.2. The zero-order valence-electron chi connectivity index (χ0n) is 23.2. The van der Waals surface area contributed by atoms with Crippen LogP contribution in [0, 0.1) is 0 Å². The van der Waals surface area contributed by atoms with Crippen molar-refractivity contribution in [3.05, 3.63) is 168 Å². The van der Waals surface area contributed by atoms with Crippen molar-refractivity contribution < 1.29 is 0 Å². The van der Waals surface area contributed by atoms with Crippen LogP contribution in [0.15, 0.2) is 146 Å². The van der Waals surface area contributed by atoms with Gasteiger partial charge in [0.05, 0.1) is 0 Å². The molecule has 0 aromatic heterocycles. The Morgan fingerprint density at radius 3 is 0.786 bits per heavy atom. The molecule has 8 aromatic carbocycles. The molecule has 0 heteroatoms. The molecule has 8 rings (SSSR count). The molecule has 0 nitrogen and oxygen atoms in total. The molecule has 0 heterocycles. The first kappa shape index (κ1) is 24.3. The van der Waals surface area contributed by atoms with Gasteiger partial charge in [-0.2, -0.15) is 0 Å². The van der Waals surface area contributed by atoms with Crippen LogP contribution < -0.4 is 0 Å². The minimum Gasteiger partial charge on any atom is -0.0616 e. The highest BCUT2D eigenvalue weighted by molar-refractivity contribution is 6.00. The van der Waals surface area contributed by atoms with Gasteiger partial charge in [0.25, 0.3) is 0 Å². The maximum absolute atomic E-state index is 2.28. The summed E-state index contributed by atoms with van der Waals surface area (Å²) in [5.41, 5.74) is 4.82. The normalized spacial score (nSPS) is 12.1. The second-order valence-corrected chi connectivity index (χ2v) is 11.1. The Hall–Kier alpha value is -5.46. The standard InChI is InChI=1S/C42H28/c1-3-7-35-27-41-23-31(15-19-39(41)25-33(35)5-1)11-9-29-13-17-38-22-30(14-18-37(38)21-29)10-12-32-16-20-40-26-34-6-2-4-8-36(34)28-42(40)24-32/h1-28H/b11-9+,12-10+. The fourth-order valence-corrected chi connectivity index (χ4v) is 6.00. The molecular weight excluding hydrogens is 504 g/mol. The van der Waals surface area contributed by atoms with Crippen molar-refractivity contribution in [3.63, 3.8) is 0 Å². The third kappa shape index (κ3) is 4.74. The number of benzene rings is 8. The largest absolute Gasteiger partial charge is 0.0616 e. The highest BCUT2D eigenvalue weighted by Crippen LogP contribution is 2.27. The van der Waals surface area contributed by atoms with Crippen molar-refractivity contribution in [1.29, 1.82) is 0 Å². The first-order valence-corrected chi connectivity index (χ1v) is 14.5. The van der Waals surface area contributed by atoms with Gasteiger partial charge in [-0.25, -0.2) is 0 Å². The van der Waals surface area contributed by atoms with Crippen LogP contribution in [0.1, 0.15) is 22.3 Å². The molecule has 196 valence electrons. The summed E-state index contributed by atoms with van der Waals surface area (Å²) >= 11 is 0. The van der Waals surface area contributed by atoms with Crippen LogP contribution in [0.4, 0.5) is 0 Å². The molecule has 0 fully saturated rings. The average molecular weight is 533 g/mol. The third-order valence-electron chi connectivity index (χ3n) is 8.28. The van der Waals surface area contributed by atoms with E-state index in [2.05, 4.69) is 170 Å². The van der Waals surface area contributed by atoms with Gasteiger partial charge < -0.3 is 0 Å². The molecule has 0 spiro atoms. The van der Waals surface area contributed by atoms with Crippen LogP contribution in [0.25, 0.3) is 78.2 Å². The summed E-state index contributed by atoms with van der Waals surface area (Å²) in [5.74, 6) is 0. The molecule has 8 aromatic rings. The first-order chi connectivity index (χ1) is 20.7. The van der Waals surface area contributed by atoms with Gasteiger partial charge in [0.1, 0.15) is 0 Å². The highest BCUT2D eigenvalue weighted by Gasteiger charge is 2.01. The Morgan fingerprint density at radius 2 is 0.452 bits per heavy atom. The van der Waals surface area contributed by atoms with Gasteiger partial charge in [-0.15, -0.1) is 0 Å². The van der Waals surface area contributed by atoms with Crippen molar-refractivity contribution in [3.8, 4) is 0 Å². The van der Waals surface area contributed by atoms with Crippen LogP contribution >= 0.6 is 0 Å². The van der Waals surface area contributed by atoms with Gasteiger partial charge in [0.15, 0.2) is 0 Å². The van der Waals surface area contributed by atoms with E-state index in [1.807, 2.05) is 0 Å². The summed E-state index contributed by atoms with van der Waals surface area (Å²) in [6, 6.07) is 53.0. The van der Waals surface area contributed by atoms with Crippen LogP contribution in [-0.4, -0.2) is 0 Å². The van der Waals surface area contributed by atoms with Crippen molar-refractivity contribution in [1.82, 2.24) is 0 Å². The molecule has 0 unspecified atom stereocenters. The van der Waals surface area contributed by atoms with E-state index in [4.69, 9.17) is 0 Å².